The standard InChI is InChI=1S/C19H18F3N3O3S/c1-13-16(14(2)25(24-13)15-8-4-3-5-9-15)12-23-29(26,27)18-11-7-6-10-17(18)28-19(20,21)22/h3-11,23H,12H2,1-2H3. The lowest BCUT2D eigenvalue weighted by Crippen LogP contribution is -2.26. The van der Waals surface area contributed by atoms with Crippen molar-refractivity contribution in [3.8, 4) is 11.4 Å². The molecular formula is C19H18F3N3O3S. The van der Waals surface area contributed by atoms with Gasteiger partial charge in [0.15, 0.2) is 0 Å². The highest BCUT2D eigenvalue weighted by atomic mass is 32.2. The molecule has 0 aliphatic carbocycles. The zero-order chi connectivity index (χ0) is 21.2. The van der Waals surface area contributed by atoms with Crippen LogP contribution in [0.1, 0.15) is 17.0 Å². The molecule has 0 radical (unpaired) electrons. The highest BCUT2D eigenvalue weighted by Crippen LogP contribution is 2.29. The van der Waals surface area contributed by atoms with Gasteiger partial charge >= 0.3 is 6.36 Å². The Kier molecular flexibility index (Phi) is 5.67. The molecule has 1 heterocycles. The van der Waals surface area contributed by atoms with E-state index < -0.39 is 27.0 Å². The number of sulfonamides is 1. The van der Waals surface area contributed by atoms with Crippen molar-refractivity contribution in [2.24, 2.45) is 0 Å². The average molecular weight is 425 g/mol. The maximum Gasteiger partial charge on any atom is 0.573 e. The number of nitrogens with zero attached hydrogens (tertiary/aromatic N) is 2. The normalized spacial score (nSPS) is 12.2. The molecule has 0 aliphatic heterocycles. The zero-order valence-corrected chi connectivity index (χ0v) is 16.4. The second-order valence-electron chi connectivity index (χ2n) is 6.22. The Hall–Kier alpha value is -2.85. The fourth-order valence-corrected chi connectivity index (χ4v) is 4.00. The summed E-state index contributed by atoms with van der Waals surface area (Å²) in [6.45, 7) is 3.39. The molecule has 29 heavy (non-hydrogen) atoms. The summed E-state index contributed by atoms with van der Waals surface area (Å²) >= 11 is 0. The van der Waals surface area contributed by atoms with Crippen molar-refractivity contribution < 1.29 is 26.3 Å². The molecular weight excluding hydrogens is 407 g/mol. The highest BCUT2D eigenvalue weighted by Gasteiger charge is 2.34. The van der Waals surface area contributed by atoms with Crippen LogP contribution in [0.2, 0.25) is 0 Å². The first-order valence-electron chi connectivity index (χ1n) is 8.53. The first-order chi connectivity index (χ1) is 13.6. The molecule has 0 unspecified atom stereocenters. The van der Waals surface area contributed by atoms with Crippen LogP contribution in [0.25, 0.3) is 5.69 Å². The van der Waals surface area contributed by atoms with Gasteiger partial charge in [0.25, 0.3) is 0 Å². The Bertz CT molecular complexity index is 1110. The summed E-state index contributed by atoms with van der Waals surface area (Å²) in [6, 6.07) is 13.9. The second-order valence-corrected chi connectivity index (χ2v) is 7.95. The van der Waals surface area contributed by atoms with Crippen LogP contribution in [0.5, 0.6) is 5.75 Å². The monoisotopic (exact) mass is 425 g/mol. The summed E-state index contributed by atoms with van der Waals surface area (Å²) in [4.78, 5) is -0.594. The summed E-state index contributed by atoms with van der Waals surface area (Å²) in [5.74, 6) is -0.791. The molecule has 0 saturated carbocycles. The largest absolute Gasteiger partial charge is 0.573 e. The summed E-state index contributed by atoms with van der Waals surface area (Å²) in [5.41, 5.74) is 2.77. The topological polar surface area (TPSA) is 73.2 Å². The van der Waals surface area contributed by atoms with Crippen LogP contribution in [-0.4, -0.2) is 24.6 Å². The number of nitrogens with one attached hydrogen (secondary N) is 1. The lowest BCUT2D eigenvalue weighted by Gasteiger charge is -2.14. The quantitative estimate of drug-likeness (QED) is 0.651. The van der Waals surface area contributed by atoms with E-state index in [0.717, 1.165) is 23.5 Å². The highest BCUT2D eigenvalue weighted by molar-refractivity contribution is 7.89. The van der Waals surface area contributed by atoms with Gasteiger partial charge in [-0.15, -0.1) is 13.2 Å². The number of hydrogen-bond acceptors (Lipinski definition) is 4. The molecule has 154 valence electrons. The third-order valence-electron chi connectivity index (χ3n) is 4.25. The van der Waals surface area contributed by atoms with Gasteiger partial charge in [-0.05, 0) is 38.1 Å². The molecule has 3 aromatic rings. The Morgan fingerprint density at radius 1 is 1.03 bits per heavy atom. The molecule has 3 rings (SSSR count). The van der Waals surface area contributed by atoms with Crippen molar-refractivity contribution in [2.75, 3.05) is 0 Å². The van der Waals surface area contributed by atoms with Crippen molar-refractivity contribution in [2.45, 2.75) is 31.7 Å². The fourth-order valence-electron chi connectivity index (χ4n) is 2.88. The van der Waals surface area contributed by atoms with E-state index in [2.05, 4.69) is 14.6 Å². The van der Waals surface area contributed by atoms with E-state index in [9.17, 15) is 21.6 Å². The molecule has 10 heteroatoms. The maximum atomic E-state index is 12.6. The van der Waals surface area contributed by atoms with Crippen LogP contribution >= 0.6 is 0 Å². The molecule has 6 nitrogen and oxygen atoms in total. The van der Waals surface area contributed by atoms with E-state index in [1.807, 2.05) is 30.3 Å². The van der Waals surface area contributed by atoms with Crippen LogP contribution < -0.4 is 9.46 Å². The lowest BCUT2D eigenvalue weighted by atomic mass is 10.2. The fraction of sp³-hybridized carbons (Fsp3) is 0.211. The SMILES string of the molecule is Cc1nn(-c2ccccc2)c(C)c1CNS(=O)(=O)c1ccccc1OC(F)(F)F. The van der Waals surface area contributed by atoms with Gasteiger partial charge in [0.05, 0.1) is 11.4 Å². The third-order valence-corrected chi connectivity index (χ3v) is 5.69. The minimum absolute atomic E-state index is 0.132. The van der Waals surface area contributed by atoms with Crippen molar-refractivity contribution in [3.63, 3.8) is 0 Å². The van der Waals surface area contributed by atoms with Crippen molar-refractivity contribution >= 4 is 10.0 Å². The second kappa shape index (κ2) is 7.88. The van der Waals surface area contributed by atoms with Crippen LogP contribution in [0.3, 0.4) is 0 Å². The van der Waals surface area contributed by atoms with E-state index in [-0.39, 0.29) is 6.54 Å². The van der Waals surface area contributed by atoms with E-state index >= 15 is 0 Å². The van der Waals surface area contributed by atoms with Crippen molar-refractivity contribution in [3.05, 3.63) is 71.5 Å². The number of aromatic nitrogens is 2. The van der Waals surface area contributed by atoms with E-state index in [1.54, 1.807) is 18.5 Å². The Balaban J connectivity index is 1.87. The van der Waals surface area contributed by atoms with Gasteiger partial charge in [-0.1, -0.05) is 30.3 Å². The molecule has 2 aromatic carbocycles. The van der Waals surface area contributed by atoms with Crippen LogP contribution in [-0.2, 0) is 16.6 Å². The minimum Gasteiger partial charge on any atom is -0.404 e. The predicted octanol–water partition coefficient (Wildman–Crippen LogP) is 3.87. The molecule has 1 aromatic heterocycles. The van der Waals surface area contributed by atoms with E-state index in [4.69, 9.17) is 0 Å². The number of aryl methyl sites for hydroxylation is 1. The Morgan fingerprint density at radius 2 is 1.66 bits per heavy atom. The molecule has 1 N–H and O–H groups in total. The summed E-state index contributed by atoms with van der Waals surface area (Å²) in [7, 11) is -4.26. The van der Waals surface area contributed by atoms with Crippen LogP contribution in [0, 0.1) is 13.8 Å². The smallest absolute Gasteiger partial charge is 0.404 e. The van der Waals surface area contributed by atoms with Crippen molar-refractivity contribution in [1.82, 2.24) is 14.5 Å². The molecule has 0 aliphatic rings. The average Bonchev–Trinajstić information content (AvgIpc) is 2.94. The summed E-state index contributed by atoms with van der Waals surface area (Å²) in [5, 5.41) is 4.43. The summed E-state index contributed by atoms with van der Waals surface area (Å²) in [6.07, 6.45) is -5.00. The third kappa shape index (κ3) is 4.77. The first-order valence-corrected chi connectivity index (χ1v) is 10.0. The van der Waals surface area contributed by atoms with Gasteiger partial charge < -0.3 is 4.74 Å². The van der Waals surface area contributed by atoms with Crippen LogP contribution in [0.4, 0.5) is 13.2 Å². The molecule has 0 atom stereocenters. The Morgan fingerprint density at radius 3 is 2.31 bits per heavy atom. The molecule has 0 fully saturated rings. The number of para-hydroxylation sites is 2. The summed E-state index contributed by atoms with van der Waals surface area (Å²) < 4.78 is 70.9. The van der Waals surface area contributed by atoms with Crippen LogP contribution in [0.15, 0.2) is 59.5 Å². The predicted molar refractivity (Wildman–Crippen MR) is 100 cm³/mol. The van der Waals surface area contributed by atoms with Gasteiger partial charge in [-0.3, -0.25) is 0 Å². The molecule has 0 bridgehead atoms. The van der Waals surface area contributed by atoms with Gasteiger partial charge in [0, 0.05) is 17.8 Å². The lowest BCUT2D eigenvalue weighted by molar-refractivity contribution is -0.275. The number of ether oxygens (including phenoxy) is 1. The number of halogens is 3. The van der Waals surface area contributed by atoms with Gasteiger partial charge in [-0.25, -0.2) is 17.8 Å². The van der Waals surface area contributed by atoms with Crippen molar-refractivity contribution in [1.29, 1.82) is 0 Å². The molecule has 0 saturated heterocycles. The minimum atomic E-state index is -5.00. The number of benzene rings is 2. The van der Waals surface area contributed by atoms with Gasteiger partial charge in [0.1, 0.15) is 10.6 Å². The molecule has 0 spiro atoms. The van der Waals surface area contributed by atoms with E-state index in [1.165, 1.54) is 12.1 Å². The van der Waals surface area contributed by atoms with E-state index in [0.29, 0.717) is 11.3 Å². The number of hydrogen-bond donors (Lipinski definition) is 1. The molecule has 0 amide bonds. The number of alkyl halides is 3. The van der Waals surface area contributed by atoms with Gasteiger partial charge in [-0.2, -0.15) is 5.10 Å². The maximum absolute atomic E-state index is 12.6. The first kappa shape index (κ1) is 20.9. The zero-order valence-electron chi connectivity index (χ0n) is 15.6. The number of rotatable bonds is 6. The Labute approximate surface area is 166 Å². The van der Waals surface area contributed by atoms with Gasteiger partial charge in [0.2, 0.25) is 10.0 Å².